The summed E-state index contributed by atoms with van der Waals surface area (Å²) in [5.74, 6) is -0.825. The number of carbonyl (C=O) groups excluding carboxylic acids is 2. The Morgan fingerprint density at radius 3 is 1.04 bits per heavy atom. The smallest absolute Gasteiger partial charge is 0.306 e. The van der Waals surface area contributed by atoms with Crippen molar-refractivity contribution >= 4 is 19.8 Å². The van der Waals surface area contributed by atoms with E-state index >= 15 is 0 Å². The minimum absolute atomic E-state index is 0.0288. The molecule has 0 N–H and O–H groups in total. The van der Waals surface area contributed by atoms with Gasteiger partial charge in [0, 0.05) is 12.8 Å². The Bertz CT molecular complexity index is 1210. The third-order valence-electron chi connectivity index (χ3n) is 14.0. The maximum atomic E-state index is 12.8. The van der Waals surface area contributed by atoms with Gasteiger partial charge in [0.2, 0.25) is 0 Å². The van der Waals surface area contributed by atoms with Gasteiger partial charge in [-0.3, -0.25) is 14.2 Å². The highest BCUT2D eigenvalue weighted by atomic mass is 31.2. The van der Waals surface area contributed by atoms with Crippen LogP contribution in [-0.4, -0.2) is 70.0 Å². The first-order valence-corrected chi connectivity index (χ1v) is 32.4. The summed E-state index contributed by atoms with van der Waals surface area (Å²) in [7, 11) is 1.18. The molecule has 2 atom stereocenters. The number of carbonyl (C=O) groups is 2. The van der Waals surface area contributed by atoms with Gasteiger partial charge in [0.05, 0.1) is 27.7 Å². The summed E-state index contributed by atoms with van der Waals surface area (Å²) in [5, 5.41) is 0. The molecule has 0 aliphatic rings. The standard InChI is InChI=1S/C61H120NO8P/c1-6-8-10-12-14-16-18-20-22-23-24-25-26-27-28-29-30-31-32-33-34-35-36-37-38-40-41-43-45-47-49-51-53-60(63)67-57-59(58-69-71(65,66)68-56-55-62(3,4)5)70-61(64)54-52-50-48-46-44-42-39-21-19-17-15-13-11-9-7-2/h21,39,59H,6-20,22-38,40-58H2,1-5H3/b39-21-. The molecule has 0 radical (unpaired) electrons. The minimum atomic E-state index is -4.63. The number of phosphoric acid groups is 1. The van der Waals surface area contributed by atoms with Gasteiger partial charge < -0.3 is 27.9 Å². The van der Waals surface area contributed by atoms with Crippen LogP contribution in [0.4, 0.5) is 0 Å². The van der Waals surface area contributed by atoms with E-state index in [1.165, 1.54) is 231 Å². The summed E-state index contributed by atoms with van der Waals surface area (Å²) in [6.07, 6.45) is 62.9. The van der Waals surface area contributed by atoms with E-state index in [1.807, 2.05) is 21.1 Å². The second-order valence-corrected chi connectivity index (χ2v) is 23.8. The van der Waals surface area contributed by atoms with E-state index in [9.17, 15) is 19.0 Å². The van der Waals surface area contributed by atoms with Gasteiger partial charge >= 0.3 is 11.9 Å². The lowest BCUT2D eigenvalue weighted by Gasteiger charge is -2.28. The van der Waals surface area contributed by atoms with Crippen LogP contribution in [0.3, 0.4) is 0 Å². The molecule has 0 saturated heterocycles. The molecule has 71 heavy (non-hydrogen) atoms. The molecule has 0 fully saturated rings. The maximum absolute atomic E-state index is 12.8. The predicted octanol–water partition coefficient (Wildman–Crippen LogP) is 18.6. The van der Waals surface area contributed by atoms with Gasteiger partial charge in [-0.15, -0.1) is 0 Å². The SMILES string of the molecule is CCCCCCCC/C=C\CCCCCCCC(=O)OC(COC(=O)CCCCCCCCCCCCCCCCCCCCCCCCCCCCCCCCCC)COP(=O)([O-])OCC[N+](C)(C)C. The lowest BCUT2D eigenvalue weighted by molar-refractivity contribution is -0.870. The number of hydrogen-bond acceptors (Lipinski definition) is 8. The van der Waals surface area contributed by atoms with Gasteiger partial charge in [-0.1, -0.05) is 276 Å². The summed E-state index contributed by atoms with van der Waals surface area (Å²) in [4.78, 5) is 37.8. The van der Waals surface area contributed by atoms with Gasteiger partial charge in [-0.05, 0) is 38.5 Å². The van der Waals surface area contributed by atoms with Crippen molar-refractivity contribution in [2.45, 2.75) is 322 Å². The number of ether oxygens (including phenoxy) is 2. The average Bonchev–Trinajstić information content (AvgIpc) is 3.33. The summed E-state index contributed by atoms with van der Waals surface area (Å²) >= 11 is 0. The lowest BCUT2D eigenvalue weighted by atomic mass is 10.0. The zero-order chi connectivity index (χ0) is 52.0. The van der Waals surface area contributed by atoms with E-state index in [-0.39, 0.29) is 32.0 Å². The first-order chi connectivity index (χ1) is 34.5. The van der Waals surface area contributed by atoms with Crippen LogP contribution in [0.5, 0.6) is 0 Å². The van der Waals surface area contributed by atoms with Crippen LogP contribution < -0.4 is 4.89 Å². The van der Waals surface area contributed by atoms with Crippen molar-refractivity contribution in [3.8, 4) is 0 Å². The lowest BCUT2D eigenvalue weighted by Crippen LogP contribution is -2.37. The van der Waals surface area contributed by atoms with E-state index in [2.05, 4.69) is 26.0 Å². The molecule has 0 saturated carbocycles. The highest BCUT2D eigenvalue weighted by Crippen LogP contribution is 2.38. The summed E-state index contributed by atoms with van der Waals surface area (Å²) in [5.41, 5.74) is 0. The topological polar surface area (TPSA) is 111 Å². The maximum Gasteiger partial charge on any atom is 0.306 e. The van der Waals surface area contributed by atoms with Crippen molar-refractivity contribution in [1.29, 1.82) is 0 Å². The van der Waals surface area contributed by atoms with Crippen LogP contribution in [-0.2, 0) is 32.7 Å². The molecule has 0 aromatic rings. The van der Waals surface area contributed by atoms with E-state index in [0.717, 1.165) is 51.4 Å². The second-order valence-electron chi connectivity index (χ2n) is 22.4. The number of likely N-dealkylation sites (N-methyl/N-ethyl adjacent to an activating group) is 1. The van der Waals surface area contributed by atoms with E-state index in [1.54, 1.807) is 0 Å². The van der Waals surface area contributed by atoms with E-state index in [0.29, 0.717) is 17.4 Å². The molecule has 0 amide bonds. The van der Waals surface area contributed by atoms with Crippen molar-refractivity contribution < 1.29 is 42.1 Å². The normalized spacial score (nSPS) is 13.3. The Morgan fingerprint density at radius 1 is 0.423 bits per heavy atom. The number of allylic oxidation sites excluding steroid dienone is 2. The monoisotopic (exact) mass is 1030 g/mol. The number of hydrogen-bond donors (Lipinski definition) is 0. The van der Waals surface area contributed by atoms with Crippen LogP contribution in [0, 0.1) is 0 Å². The van der Waals surface area contributed by atoms with Crippen molar-refractivity contribution in [3.05, 3.63) is 12.2 Å². The largest absolute Gasteiger partial charge is 0.756 e. The van der Waals surface area contributed by atoms with Gasteiger partial charge in [0.25, 0.3) is 7.82 Å². The summed E-state index contributed by atoms with van der Waals surface area (Å²) in [6, 6.07) is 0. The van der Waals surface area contributed by atoms with Crippen molar-refractivity contribution in [1.82, 2.24) is 0 Å². The molecule has 2 unspecified atom stereocenters. The molecule has 0 aromatic heterocycles. The van der Waals surface area contributed by atoms with Crippen LogP contribution in [0.25, 0.3) is 0 Å². The van der Waals surface area contributed by atoms with Crippen LogP contribution in [0.2, 0.25) is 0 Å². The molecule has 0 rings (SSSR count). The Labute approximate surface area is 441 Å². The zero-order valence-electron chi connectivity index (χ0n) is 48.0. The highest BCUT2D eigenvalue weighted by Gasteiger charge is 2.22. The highest BCUT2D eigenvalue weighted by molar-refractivity contribution is 7.45. The van der Waals surface area contributed by atoms with E-state index in [4.69, 9.17) is 18.5 Å². The fraction of sp³-hybridized carbons (Fsp3) is 0.934. The van der Waals surface area contributed by atoms with Crippen LogP contribution in [0.15, 0.2) is 12.2 Å². The van der Waals surface area contributed by atoms with Crippen LogP contribution in [0.1, 0.15) is 316 Å². The predicted molar refractivity (Wildman–Crippen MR) is 301 cm³/mol. The molecule has 0 aliphatic heterocycles. The number of quaternary nitrogens is 1. The molecular weight excluding hydrogens is 906 g/mol. The average molecular weight is 1030 g/mol. The van der Waals surface area contributed by atoms with Gasteiger partial charge in [-0.2, -0.15) is 0 Å². The summed E-state index contributed by atoms with van der Waals surface area (Å²) in [6.45, 7) is 4.28. The molecular formula is C61H120NO8P. The molecule has 0 aromatic carbocycles. The third-order valence-corrected chi connectivity index (χ3v) is 15.0. The number of nitrogens with zero attached hydrogens (tertiary/aromatic N) is 1. The molecule has 0 bridgehead atoms. The van der Waals surface area contributed by atoms with Gasteiger partial charge in [0.15, 0.2) is 6.10 Å². The first-order valence-electron chi connectivity index (χ1n) is 30.9. The number of unbranched alkanes of at least 4 members (excludes halogenated alkanes) is 42. The van der Waals surface area contributed by atoms with Crippen LogP contribution >= 0.6 is 7.82 Å². The van der Waals surface area contributed by atoms with Crippen molar-refractivity contribution in [3.63, 3.8) is 0 Å². The fourth-order valence-corrected chi connectivity index (χ4v) is 9.97. The quantitative estimate of drug-likeness (QED) is 0.0195. The Hall–Kier alpha value is -1.25. The van der Waals surface area contributed by atoms with Crippen molar-refractivity contribution in [2.75, 3.05) is 47.5 Å². The number of phosphoric ester groups is 1. The molecule has 10 heteroatoms. The zero-order valence-corrected chi connectivity index (χ0v) is 48.8. The first kappa shape index (κ1) is 69.8. The van der Waals surface area contributed by atoms with Gasteiger partial charge in [-0.25, -0.2) is 0 Å². The number of rotatable bonds is 58. The summed E-state index contributed by atoms with van der Waals surface area (Å²) < 4.78 is 34.1. The van der Waals surface area contributed by atoms with Gasteiger partial charge in [0.1, 0.15) is 19.8 Å². The molecule has 0 heterocycles. The van der Waals surface area contributed by atoms with Crippen molar-refractivity contribution in [2.24, 2.45) is 0 Å². The molecule has 0 aliphatic carbocycles. The fourth-order valence-electron chi connectivity index (χ4n) is 9.24. The molecule has 9 nitrogen and oxygen atoms in total. The Kier molecular flexibility index (Phi) is 52.6. The van der Waals surface area contributed by atoms with E-state index < -0.39 is 26.5 Å². The number of esters is 2. The Balaban J connectivity index is 3.95. The minimum Gasteiger partial charge on any atom is -0.756 e. The molecule has 422 valence electrons. The third kappa shape index (κ3) is 57.9. The Morgan fingerprint density at radius 2 is 0.718 bits per heavy atom. The molecule has 0 spiro atoms. The second kappa shape index (κ2) is 53.6.